The van der Waals surface area contributed by atoms with Crippen molar-refractivity contribution >= 4 is 27.7 Å². The molecule has 19 heavy (non-hydrogen) atoms. The third kappa shape index (κ3) is 4.94. The second-order valence-corrected chi connectivity index (χ2v) is 4.83. The van der Waals surface area contributed by atoms with Gasteiger partial charge in [0.05, 0.1) is 22.7 Å². The number of carbonyl (C=O) groups is 1. The summed E-state index contributed by atoms with van der Waals surface area (Å²) in [5.41, 5.74) is 0.122. The number of halogens is 1. The first-order valence-electron chi connectivity index (χ1n) is 6.03. The molecule has 7 heteroatoms. The highest BCUT2D eigenvalue weighted by molar-refractivity contribution is 9.10. The molecule has 0 aliphatic carbocycles. The minimum absolute atomic E-state index is 0.122. The molecule has 0 aliphatic heterocycles. The van der Waals surface area contributed by atoms with Crippen LogP contribution >= 0.6 is 15.9 Å². The van der Waals surface area contributed by atoms with Gasteiger partial charge in [0.25, 0.3) is 0 Å². The van der Waals surface area contributed by atoms with Gasteiger partial charge in [0.1, 0.15) is 0 Å². The maximum Gasteiger partial charge on any atom is 0.364 e. The number of pyridine rings is 1. The van der Waals surface area contributed by atoms with Crippen molar-refractivity contribution in [2.24, 2.45) is 0 Å². The average Bonchev–Trinajstić information content (AvgIpc) is 2.38. The zero-order valence-corrected chi connectivity index (χ0v) is 12.2. The molecule has 0 amide bonds. The Balaban J connectivity index is 2.61. The van der Waals surface area contributed by atoms with E-state index in [1.54, 1.807) is 0 Å². The van der Waals surface area contributed by atoms with Crippen LogP contribution in [0.1, 0.15) is 43.0 Å². The third-order valence-corrected chi connectivity index (χ3v) is 3.11. The Labute approximate surface area is 119 Å². The SMILES string of the molecule is CCCCCCOC(=O)c1cc([N+](=O)[O-])ncc1Br. The Morgan fingerprint density at radius 1 is 1.47 bits per heavy atom. The topological polar surface area (TPSA) is 82.3 Å². The lowest BCUT2D eigenvalue weighted by Crippen LogP contribution is -2.08. The molecule has 0 unspecified atom stereocenters. The molecule has 0 atom stereocenters. The van der Waals surface area contributed by atoms with Crippen molar-refractivity contribution in [3.8, 4) is 0 Å². The van der Waals surface area contributed by atoms with Gasteiger partial charge in [-0.05, 0) is 32.3 Å². The highest BCUT2D eigenvalue weighted by atomic mass is 79.9. The van der Waals surface area contributed by atoms with Gasteiger partial charge >= 0.3 is 11.8 Å². The van der Waals surface area contributed by atoms with E-state index >= 15 is 0 Å². The highest BCUT2D eigenvalue weighted by Crippen LogP contribution is 2.20. The maximum atomic E-state index is 11.8. The van der Waals surface area contributed by atoms with Gasteiger partial charge in [0, 0.05) is 0 Å². The van der Waals surface area contributed by atoms with Crippen LogP contribution in [0.15, 0.2) is 16.7 Å². The highest BCUT2D eigenvalue weighted by Gasteiger charge is 2.18. The van der Waals surface area contributed by atoms with Crippen molar-refractivity contribution in [2.45, 2.75) is 32.6 Å². The molecule has 0 spiro atoms. The Morgan fingerprint density at radius 3 is 2.84 bits per heavy atom. The largest absolute Gasteiger partial charge is 0.462 e. The molecule has 6 nitrogen and oxygen atoms in total. The number of hydrogen-bond acceptors (Lipinski definition) is 5. The second-order valence-electron chi connectivity index (χ2n) is 3.98. The molecular weight excluding hydrogens is 316 g/mol. The first-order chi connectivity index (χ1) is 9.06. The van der Waals surface area contributed by atoms with Crippen molar-refractivity contribution in [3.63, 3.8) is 0 Å². The molecule has 0 saturated carbocycles. The zero-order valence-electron chi connectivity index (χ0n) is 10.6. The van der Waals surface area contributed by atoms with Gasteiger partial charge in [0.15, 0.2) is 6.20 Å². The number of hydrogen-bond donors (Lipinski definition) is 0. The van der Waals surface area contributed by atoms with Crippen LogP contribution in [0, 0.1) is 10.1 Å². The summed E-state index contributed by atoms with van der Waals surface area (Å²) in [6.45, 7) is 2.42. The van der Waals surface area contributed by atoms with Gasteiger partial charge in [-0.3, -0.25) is 0 Å². The van der Waals surface area contributed by atoms with Crippen LogP contribution in [0.3, 0.4) is 0 Å². The minimum atomic E-state index is -0.648. The minimum Gasteiger partial charge on any atom is -0.462 e. The second kappa shape index (κ2) is 7.83. The number of rotatable bonds is 7. The lowest BCUT2D eigenvalue weighted by Gasteiger charge is -2.05. The van der Waals surface area contributed by atoms with Crippen LogP contribution in [-0.4, -0.2) is 22.5 Å². The first kappa shape index (κ1) is 15.6. The monoisotopic (exact) mass is 330 g/mol. The lowest BCUT2D eigenvalue weighted by molar-refractivity contribution is -0.389. The maximum absolute atomic E-state index is 11.8. The number of aromatic nitrogens is 1. The molecule has 1 rings (SSSR count). The van der Waals surface area contributed by atoms with Crippen LogP contribution in [0.5, 0.6) is 0 Å². The van der Waals surface area contributed by atoms with Gasteiger partial charge in [0.2, 0.25) is 0 Å². The molecule has 0 N–H and O–H groups in total. The van der Waals surface area contributed by atoms with Crippen LogP contribution in [0.25, 0.3) is 0 Å². The standard InChI is InChI=1S/C12H15BrN2O4/c1-2-3-4-5-6-19-12(16)9-7-11(15(17)18)14-8-10(9)13/h7-8H,2-6H2,1H3. The summed E-state index contributed by atoms with van der Waals surface area (Å²) < 4.78 is 5.46. The van der Waals surface area contributed by atoms with E-state index in [2.05, 4.69) is 27.8 Å². The van der Waals surface area contributed by atoms with Crippen molar-refractivity contribution in [2.75, 3.05) is 6.61 Å². The molecule has 0 aromatic carbocycles. The first-order valence-corrected chi connectivity index (χ1v) is 6.82. The van der Waals surface area contributed by atoms with E-state index in [9.17, 15) is 14.9 Å². The summed E-state index contributed by atoms with van der Waals surface area (Å²) in [5, 5.41) is 10.6. The Kier molecular flexibility index (Phi) is 6.41. The number of esters is 1. The van der Waals surface area contributed by atoms with E-state index in [1.807, 2.05) is 0 Å². The number of nitro groups is 1. The molecule has 0 radical (unpaired) electrons. The Hall–Kier alpha value is -1.50. The van der Waals surface area contributed by atoms with Crippen molar-refractivity contribution in [1.29, 1.82) is 0 Å². The predicted octanol–water partition coefficient (Wildman–Crippen LogP) is 3.49. The van der Waals surface area contributed by atoms with E-state index in [0.717, 1.165) is 31.7 Å². The molecule has 1 aromatic heterocycles. The lowest BCUT2D eigenvalue weighted by atomic mass is 10.2. The van der Waals surface area contributed by atoms with Crippen LogP contribution in [0.2, 0.25) is 0 Å². The summed E-state index contributed by atoms with van der Waals surface area (Å²) in [4.78, 5) is 25.3. The third-order valence-electron chi connectivity index (χ3n) is 2.48. The Morgan fingerprint density at radius 2 is 2.21 bits per heavy atom. The number of ether oxygens (including phenoxy) is 1. The number of unbranched alkanes of at least 4 members (excludes halogenated alkanes) is 3. The van der Waals surface area contributed by atoms with Crippen molar-refractivity contribution < 1.29 is 14.5 Å². The van der Waals surface area contributed by atoms with Crippen LogP contribution < -0.4 is 0 Å². The summed E-state index contributed by atoms with van der Waals surface area (Å²) in [5.74, 6) is -0.949. The average molecular weight is 331 g/mol. The van der Waals surface area contributed by atoms with Gasteiger partial charge < -0.3 is 14.9 Å². The van der Waals surface area contributed by atoms with Crippen molar-refractivity contribution in [1.82, 2.24) is 4.98 Å². The predicted molar refractivity (Wildman–Crippen MR) is 73.0 cm³/mol. The van der Waals surface area contributed by atoms with Crippen LogP contribution in [0.4, 0.5) is 5.82 Å². The van der Waals surface area contributed by atoms with E-state index in [-0.39, 0.29) is 11.4 Å². The molecule has 0 saturated heterocycles. The fourth-order valence-electron chi connectivity index (χ4n) is 1.46. The van der Waals surface area contributed by atoms with Gasteiger partial charge in [-0.2, -0.15) is 0 Å². The molecule has 104 valence electrons. The molecule has 1 aromatic rings. The van der Waals surface area contributed by atoms with Crippen molar-refractivity contribution in [3.05, 3.63) is 32.4 Å². The van der Waals surface area contributed by atoms with E-state index in [1.165, 1.54) is 6.20 Å². The fourth-order valence-corrected chi connectivity index (χ4v) is 1.83. The number of carbonyl (C=O) groups excluding carboxylic acids is 1. The van der Waals surface area contributed by atoms with Gasteiger partial charge in [-0.1, -0.05) is 26.2 Å². The van der Waals surface area contributed by atoms with Gasteiger partial charge in [-0.15, -0.1) is 0 Å². The van der Waals surface area contributed by atoms with E-state index < -0.39 is 10.9 Å². The summed E-state index contributed by atoms with van der Waals surface area (Å²) in [6, 6.07) is 1.11. The quantitative estimate of drug-likeness (QED) is 0.331. The normalized spacial score (nSPS) is 10.2. The molecular formula is C12H15BrN2O4. The fraction of sp³-hybridized carbons (Fsp3) is 0.500. The zero-order chi connectivity index (χ0) is 14.3. The van der Waals surface area contributed by atoms with E-state index in [4.69, 9.17) is 4.74 Å². The molecule has 1 heterocycles. The summed E-state index contributed by atoms with van der Waals surface area (Å²) in [6.07, 6.45) is 5.23. The Bertz CT molecular complexity index is 465. The van der Waals surface area contributed by atoms with Crippen LogP contribution in [-0.2, 0) is 4.74 Å². The molecule has 0 fully saturated rings. The van der Waals surface area contributed by atoms with E-state index in [0.29, 0.717) is 11.1 Å². The molecule has 0 aliphatic rings. The number of nitrogens with zero attached hydrogens (tertiary/aromatic N) is 2. The smallest absolute Gasteiger partial charge is 0.364 e. The summed E-state index contributed by atoms with van der Waals surface area (Å²) in [7, 11) is 0. The molecule has 0 bridgehead atoms. The summed E-state index contributed by atoms with van der Waals surface area (Å²) >= 11 is 3.13. The van der Waals surface area contributed by atoms with Gasteiger partial charge in [-0.25, -0.2) is 4.79 Å².